The third-order valence-corrected chi connectivity index (χ3v) is 1.68. The number of aromatic nitrogens is 2. The fourth-order valence-electron chi connectivity index (χ4n) is 1.13. The molecule has 1 heterocycles. The van der Waals surface area contributed by atoms with Crippen molar-refractivity contribution in [3.05, 3.63) is 18.0 Å². The predicted molar refractivity (Wildman–Crippen MR) is 45.5 cm³/mol. The molecule has 0 N–H and O–H groups in total. The van der Waals surface area contributed by atoms with Crippen LogP contribution >= 0.6 is 0 Å². The van der Waals surface area contributed by atoms with Gasteiger partial charge in [-0.1, -0.05) is 13.8 Å². The van der Waals surface area contributed by atoms with Gasteiger partial charge < -0.3 is 10.7 Å². The summed E-state index contributed by atoms with van der Waals surface area (Å²) < 4.78 is 2.02. The van der Waals surface area contributed by atoms with Gasteiger partial charge in [0, 0.05) is 6.04 Å². The molecule has 0 atom stereocenters. The summed E-state index contributed by atoms with van der Waals surface area (Å²) in [5, 5.41) is 4.20. The molecule has 66 valence electrons. The minimum absolute atomic E-state index is 0. The minimum atomic E-state index is 0. The molecule has 0 amide bonds. The van der Waals surface area contributed by atoms with Crippen LogP contribution in [-0.2, 0) is 21.1 Å². The van der Waals surface area contributed by atoms with E-state index in [9.17, 15) is 0 Å². The van der Waals surface area contributed by atoms with Gasteiger partial charge in [-0.15, -0.1) is 11.9 Å². The maximum atomic E-state index is 4.20. The SMILES string of the molecule is CC(C)c1[c-]cnn1C(C)C.[W+2]. The van der Waals surface area contributed by atoms with Crippen LogP contribution in [0.2, 0.25) is 0 Å². The zero-order chi connectivity index (χ0) is 8.43. The van der Waals surface area contributed by atoms with Crippen molar-refractivity contribution in [3.63, 3.8) is 0 Å². The van der Waals surface area contributed by atoms with Crippen molar-refractivity contribution >= 4 is 0 Å². The summed E-state index contributed by atoms with van der Waals surface area (Å²) in [5.41, 5.74) is 1.19. The van der Waals surface area contributed by atoms with E-state index in [1.807, 2.05) is 4.68 Å². The van der Waals surface area contributed by atoms with Crippen molar-refractivity contribution in [1.29, 1.82) is 0 Å². The largest absolute Gasteiger partial charge is 2.00 e. The molecule has 0 aromatic carbocycles. The van der Waals surface area contributed by atoms with Crippen LogP contribution in [0.3, 0.4) is 0 Å². The number of rotatable bonds is 2. The molecule has 0 fully saturated rings. The standard InChI is InChI=1S/C9H15N2.W/c1-7(2)9-5-6-10-11(9)8(3)4;/h6-8H,1-4H3;/q-1;+2. The Labute approximate surface area is 88.6 Å². The molecule has 0 aliphatic heterocycles. The Morgan fingerprint density at radius 3 is 2.25 bits per heavy atom. The molecular weight excluding hydrogens is 320 g/mol. The van der Waals surface area contributed by atoms with Gasteiger partial charge in [-0.05, 0) is 19.8 Å². The first-order chi connectivity index (χ1) is 5.13. The fourth-order valence-corrected chi connectivity index (χ4v) is 1.13. The molecule has 0 aliphatic carbocycles. The molecule has 0 radical (unpaired) electrons. The summed E-state index contributed by atoms with van der Waals surface area (Å²) in [6.07, 6.45) is 1.75. The average molecular weight is 335 g/mol. The third kappa shape index (κ3) is 2.45. The van der Waals surface area contributed by atoms with Gasteiger partial charge in [0.25, 0.3) is 0 Å². The normalized spacial score (nSPS) is 10.5. The van der Waals surface area contributed by atoms with E-state index >= 15 is 0 Å². The molecule has 3 heteroatoms. The number of hydrogen-bond acceptors (Lipinski definition) is 1. The van der Waals surface area contributed by atoms with E-state index in [-0.39, 0.29) is 21.1 Å². The molecule has 2 nitrogen and oxygen atoms in total. The van der Waals surface area contributed by atoms with Crippen molar-refractivity contribution in [2.75, 3.05) is 0 Å². The van der Waals surface area contributed by atoms with Crippen molar-refractivity contribution in [2.24, 2.45) is 0 Å². The summed E-state index contributed by atoms with van der Waals surface area (Å²) >= 11 is 0. The van der Waals surface area contributed by atoms with Gasteiger partial charge in [0.05, 0.1) is 0 Å². The van der Waals surface area contributed by atoms with Gasteiger partial charge >= 0.3 is 21.1 Å². The van der Waals surface area contributed by atoms with Gasteiger partial charge in [0.15, 0.2) is 0 Å². The van der Waals surface area contributed by atoms with Crippen LogP contribution in [0.25, 0.3) is 0 Å². The van der Waals surface area contributed by atoms with E-state index < -0.39 is 0 Å². The molecular formula is C9H15N2W+. The quantitative estimate of drug-likeness (QED) is 0.759. The first-order valence-electron chi connectivity index (χ1n) is 4.08. The van der Waals surface area contributed by atoms with Crippen LogP contribution in [0.15, 0.2) is 6.20 Å². The first-order valence-corrected chi connectivity index (χ1v) is 4.08. The summed E-state index contributed by atoms with van der Waals surface area (Å²) in [4.78, 5) is 0. The van der Waals surface area contributed by atoms with Gasteiger partial charge in [-0.3, -0.25) is 0 Å². The van der Waals surface area contributed by atoms with Gasteiger partial charge in [-0.2, -0.15) is 0 Å². The molecule has 12 heavy (non-hydrogen) atoms. The van der Waals surface area contributed by atoms with Crippen LogP contribution in [0.4, 0.5) is 0 Å². The van der Waals surface area contributed by atoms with E-state index in [0.717, 1.165) is 0 Å². The van der Waals surface area contributed by atoms with Crippen LogP contribution < -0.4 is 0 Å². The molecule has 0 saturated heterocycles. The molecule has 0 spiro atoms. The second kappa shape index (κ2) is 4.81. The Morgan fingerprint density at radius 2 is 1.92 bits per heavy atom. The maximum absolute atomic E-state index is 4.20. The number of hydrogen-bond donors (Lipinski definition) is 0. The Bertz CT molecular complexity index is 206. The first kappa shape index (κ1) is 11.9. The Kier molecular flexibility index (Phi) is 4.77. The zero-order valence-electron chi connectivity index (χ0n) is 8.03. The average Bonchev–Trinajstić information content (AvgIpc) is 2.32. The minimum Gasteiger partial charge on any atom is -0.429 e. The third-order valence-electron chi connectivity index (χ3n) is 1.68. The molecule has 0 saturated carbocycles. The van der Waals surface area contributed by atoms with Crippen LogP contribution in [-0.4, -0.2) is 9.78 Å². The van der Waals surface area contributed by atoms with Gasteiger partial charge in [-0.25, -0.2) is 5.10 Å². The van der Waals surface area contributed by atoms with Crippen LogP contribution in [0.1, 0.15) is 45.3 Å². The van der Waals surface area contributed by atoms with Gasteiger partial charge in [0.2, 0.25) is 0 Å². The Balaban J connectivity index is 0.00000121. The molecule has 1 aromatic heterocycles. The summed E-state index contributed by atoms with van der Waals surface area (Å²) in [6.45, 7) is 8.58. The molecule has 0 unspecified atom stereocenters. The van der Waals surface area contributed by atoms with Gasteiger partial charge in [0.1, 0.15) is 0 Å². The zero-order valence-corrected chi connectivity index (χ0v) is 11.0. The smallest absolute Gasteiger partial charge is 0.429 e. The van der Waals surface area contributed by atoms with E-state index in [0.29, 0.717) is 12.0 Å². The van der Waals surface area contributed by atoms with Crippen molar-refractivity contribution < 1.29 is 21.1 Å². The Morgan fingerprint density at radius 1 is 1.33 bits per heavy atom. The number of nitrogens with zero attached hydrogens (tertiary/aromatic N) is 2. The van der Waals surface area contributed by atoms with Crippen LogP contribution in [0, 0.1) is 6.07 Å². The van der Waals surface area contributed by atoms with E-state index in [4.69, 9.17) is 0 Å². The second-order valence-corrected chi connectivity index (χ2v) is 3.37. The van der Waals surface area contributed by atoms with Crippen molar-refractivity contribution in [1.82, 2.24) is 9.78 Å². The summed E-state index contributed by atoms with van der Waals surface area (Å²) in [6, 6.07) is 3.58. The molecule has 1 rings (SSSR count). The van der Waals surface area contributed by atoms with Crippen molar-refractivity contribution in [3.8, 4) is 0 Å². The van der Waals surface area contributed by atoms with E-state index in [1.165, 1.54) is 5.69 Å². The predicted octanol–water partition coefficient (Wildman–Crippen LogP) is 2.39. The Hall–Kier alpha value is -0.102. The topological polar surface area (TPSA) is 17.8 Å². The van der Waals surface area contributed by atoms with Crippen LogP contribution in [0.5, 0.6) is 0 Å². The molecule has 1 aromatic rings. The monoisotopic (exact) mass is 335 g/mol. The maximum Gasteiger partial charge on any atom is 2.00 e. The van der Waals surface area contributed by atoms with E-state index in [1.54, 1.807) is 6.20 Å². The van der Waals surface area contributed by atoms with Crippen molar-refractivity contribution in [2.45, 2.75) is 39.7 Å². The summed E-state index contributed by atoms with van der Waals surface area (Å²) in [5.74, 6) is 0.514. The molecule has 0 aliphatic rings. The molecule has 0 bridgehead atoms. The second-order valence-electron chi connectivity index (χ2n) is 3.37. The fraction of sp³-hybridized carbons (Fsp3) is 0.667. The summed E-state index contributed by atoms with van der Waals surface area (Å²) in [7, 11) is 0. The van der Waals surface area contributed by atoms with E-state index in [2.05, 4.69) is 38.9 Å².